The molecule has 0 unspecified atom stereocenters. The zero-order valence-electron chi connectivity index (χ0n) is 23.9. The number of ether oxygens (including phenoxy) is 8. The normalized spacial score (nSPS) is 21.9. The summed E-state index contributed by atoms with van der Waals surface area (Å²) in [5, 5.41) is 0. The molecule has 0 N–H and O–H groups in total. The van der Waals surface area contributed by atoms with Crippen LogP contribution in [-0.2, 0) is 52.4 Å². The molecule has 13 nitrogen and oxygen atoms in total. The van der Waals surface area contributed by atoms with Crippen molar-refractivity contribution in [2.24, 2.45) is 0 Å². The van der Waals surface area contributed by atoms with Crippen LogP contribution in [0.15, 0.2) is 24.3 Å². The Morgan fingerprint density at radius 1 is 0.829 bits per heavy atom. The van der Waals surface area contributed by atoms with Crippen molar-refractivity contribution in [3.63, 3.8) is 0 Å². The van der Waals surface area contributed by atoms with E-state index >= 15 is 0 Å². The van der Waals surface area contributed by atoms with Crippen LogP contribution < -0.4 is 9.47 Å². The highest BCUT2D eigenvalue weighted by Crippen LogP contribution is 2.35. The van der Waals surface area contributed by atoms with Crippen molar-refractivity contribution in [2.45, 2.75) is 78.2 Å². The molecule has 0 aliphatic carbocycles. The zero-order valence-corrected chi connectivity index (χ0v) is 23.9. The average Bonchev–Trinajstić information content (AvgIpc) is 2.88. The van der Waals surface area contributed by atoms with Crippen LogP contribution >= 0.6 is 0 Å². The molecular formula is C28H36O13. The van der Waals surface area contributed by atoms with E-state index in [1.807, 2.05) is 0 Å². The third-order valence-electron chi connectivity index (χ3n) is 5.51. The summed E-state index contributed by atoms with van der Waals surface area (Å²) in [5.74, 6) is -2.74. The lowest BCUT2D eigenvalue weighted by atomic mass is 9.98. The first-order valence-electron chi connectivity index (χ1n) is 12.9. The molecule has 2 rings (SSSR count). The maximum atomic E-state index is 12.1. The molecule has 1 fully saturated rings. The molecule has 1 aliphatic heterocycles. The van der Waals surface area contributed by atoms with E-state index in [4.69, 9.17) is 37.9 Å². The predicted octanol–water partition coefficient (Wildman–Crippen LogP) is 2.51. The quantitative estimate of drug-likeness (QED) is 0.248. The SMILES string of the molecule is CCOC(=O)CC/C=C/c1ccc(OC)c(O[C@@H]2O[C@H](COC(C)=O)[C@@H](OC(C)=O)[C@H](OC(C)=O)[C@H]2OC(C)=O)c1. The Kier molecular flexibility index (Phi) is 13.1. The van der Waals surface area contributed by atoms with Gasteiger partial charge >= 0.3 is 29.8 Å². The largest absolute Gasteiger partial charge is 0.493 e. The Bertz CT molecular complexity index is 1110. The lowest BCUT2D eigenvalue weighted by molar-refractivity contribution is -0.288. The van der Waals surface area contributed by atoms with Gasteiger partial charge in [-0.05, 0) is 31.0 Å². The highest BCUT2D eigenvalue weighted by atomic mass is 16.7. The second-order valence-corrected chi connectivity index (χ2v) is 8.84. The molecule has 41 heavy (non-hydrogen) atoms. The number of hydrogen-bond acceptors (Lipinski definition) is 13. The van der Waals surface area contributed by atoms with Crippen molar-refractivity contribution in [2.75, 3.05) is 20.3 Å². The van der Waals surface area contributed by atoms with Crippen LogP contribution in [0, 0.1) is 0 Å². The van der Waals surface area contributed by atoms with Gasteiger partial charge in [-0.1, -0.05) is 18.2 Å². The molecule has 0 spiro atoms. The number of methoxy groups -OCH3 is 1. The minimum Gasteiger partial charge on any atom is -0.493 e. The Morgan fingerprint density at radius 2 is 1.46 bits per heavy atom. The van der Waals surface area contributed by atoms with Crippen molar-refractivity contribution >= 4 is 35.9 Å². The third-order valence-corrected chi connectivity index (χ3v) is 5.51. The zero-order chi connectivity index (χ0) is 30.5. The van der Waals surface area contributed by atoms with E-state index in [9.17, 15) is 24.0 Å². The fourth-order valence-electron chi connectivity index (χ4n) is 3.95. The molecule has 1 aliphatic rings. The van der Waals surface area contributed by atoms with Crippen LogP contribution in [0.25, 0.3) is 6.08 Å². The highest BCUT2D eigenvalue weighted by Gasteiger charge is 2.53. The van der Waals surface area contributed by atoms with Gasteiger partial charge in [0.2, 0.25) is 12.4 Å². The lowest BCUT2D eigenvalue weighted by Gasteiger charge is -2.44. The highest BCUT2D eigenvalue weighted by molar-refractivity contribution is 5.70. The van der Waals surface area contributed by atoms with Crippen molar-refractivity contribution in [1.29, 1.82) is 0 Å². The van der Waals surface area contributed by atoms with Crippen molar-refractivity contribution in [3.8, 4) is 11.5 Å². The Labute approximate surface area is 237 Å². The predicted molar refractivity (Wildman–Crippen MR) is 140 cm³/mol. The molecule has 0 bridgehead atoms. The molecule has 226 valence electrons. The second-order valence-electron chi connectivity index (χ2n) is 8.84. The first-order valence-corrected chi connectivity index (χ1v) is 12.9. The van der Waals surface area contributed by atoms with Crippen molar-refractivity contribution in [3.05, 3.63) is 29.8 Å². The minimum absolute atomic E-state index is 0.168. The van der Waals surface area contributed by atoms with Gasteiger partial charge in [0.15, 0.2) is 23.7 Å². The van der Waals surface area contributed by atoms with Gasteiger partial charge in [0, 0.05) is 34.1 Å². The van der Waals surface area contributed by atoms with Gasteiger partial charge in [-0.15, -0.1) is 0 Å². The summed E-state index contributed by atoms with van der Waals surface area (Å²) >= 11 is 0. The summed E-state index contributed by atoms with van der Waals surface area (Å²) in [6.45, 7) is 6.23. The van der Waals surface area contributed by atoms with E-state index in [-0.39, 0.29) is 18.1 Å². The molecule has 1 saturated heterocycles. The molecule has 13 heteroatoms. The topological polar surface area (TPSA) is 159 Å². The molecule has 1 aromatic rings. The maximum Gasteiger partial charge on any atom is 0.306 e. The van der Waals surface area contributed by atoms with Crippen LogP contribution in [0.1, 0.15) is 53.0 Å². The monoisotopic (exact) mass is 580 g/mol. The summed E-state index contributed by atoms with van der Waals surface area (Å²) in [4.78, 5) is 59.1. The van der Waals surface area contributed by atoms with Crippen molar-refractivity contribution in [1.82, 2.24) is 0 Å². The fourth-order valence-corrected chi connectivity index (χ4v) is 3.95. The van der Waals surface area contributed by atoms with E-state index in [2.05, 4.69) is 0 Å². The summed E-state index contributed by atoms with van der Waals surface area (Å²) in [5.41, 5.74) is 0.676. The summed E-state index contributed by atoms with van der Waals surface area (Å²) in [6.07, 6.45) is -2.46. The van der Waals surface area contributed by atoms with Crippen LogP contribution in [0.5, 0.6) is 11.5 Å². The van der Waals surface area contributed by atoms with E-state index in [1.54, 1.807) is 37.3 Å². The number of esters is 5. The molecular weight excluding hydrogens is 544 g/mol. The van der Waals surface area contributed by atoms with Gasteiger partial charge in [-0.25, -0.2) is 0 Å². The van der Waals surface area contributed by atoms with Crippen molar-refractivity contribution < 1.29 is 61.9 Å². The molecule has 0 aromatic heterocycles. The van der Waals surface area contributed by atoms with Gasteiger partial charge in [0.1, 0.15) is 12.7 Å². The van der Waals surface area contributed by atoms with Crippen LogP contribution in [0.3, 0.4) is 0 Å². The molecule has 1 heterocycles. The number of benzene rings is 1. The summed E-state index contributed by atoms with van der Waals surface area (Å²) in [6, 6.07) is 5.00. The molecule has 0 amide bonds. The number of carbonyl (C=O) groups is 5. The second kappa shape index (κ2) is 16.2. The van der Waals surface area contributed by atoms with E-state index in [0.29, 0.717) is 24.3 Å². The fraction of sp³-hybridized carbons (Fsp3) is 0.536. The Balaban J connectivity index is 2.44. The lowest BCUT2D eigenvalue weighted by Crippen LogP contribution is -2.63. The molecule has 0 saturated carbocycles. The first-order chi connectivity index (χ1) is 19.4. The maximum absolute atomic E-state index is 12.1. The summed E-state index contributed by atoms with van der Waals surface area (Å²) in [7, 11) is 1.42. The van der Waals surface area contributed by atoms with Gasteiger partial charge in [-0.3, -0.25) is 24.0 Å². The first kappa shape index (κ1) is 33.1. The standard InChI is InChI=1S/C28H36O13/c1-7-35-24(33)11-9-8-10-20-12-13-21(34-6)22(14-20)40-28-27(39-19(5)32)26(38-18(4)31)25(37-17(3)30)23(41-28)15-36-16(2)29/h8,10,12-14,23,25-28H,7,9,11,15H2,1-6H3/b10-8+/t23-,25-,26+,27-,28-/m1/s1. The van der Waals surface area contributed by atoms with Crippen LogP contribution in [0.4, 0.5) is 0 Å². The smallest absolute Gasteiger partial charge is 0.306 e. The number of rotatable bonds is 13. The van der Waals surface area contributed by atoms with Gasteiger partial charge in [0.25, 0.3) is 0 Å². The number of carbonyl (C=O) groups excluding carboxylic acids is 5. The Hall–Kier alpha value is -4.13. The molecule has 0 radical (unpaired) electrons. The minimum atomic E-state index is -1.42. The van der Waals surface area contributed by atoms with Gasteiger partial charge in [-0.2, -0.15) is 0 Å². The average molecular weight is 581 g/mol. The van der Waals surface area contributed by atoms with Crippen LogP contribution in [0.2, 0.25) is 0 Å². The molecule has 5 atom stereocenters. The van der Waals surface area contributed by atoms with Gasteiger partial charge < -0.3 is 37.9 Å². The number of allylic oxidation sites excluding steroid dienone is 1. The Morgan fingerprint density at radius 3 is 2.05 bits per heavy atom. The number of hydrogen-bond donors (Lipinski definition) is 0. The third kappa shape index (κ3) is 10.7. The van der Waals surface area contributed by atoms with Gasteiger partial charge in [0.05, 0.1) is 13.7 Å². The van der Waals surface area contributed by atoms with E-state index < -0.39 is 61.2 Å². The van der Waals surface area contributed by atoms with Crippen LogP contribution in [-0.4, -0.2) is 80.9 Å². The molecule has 1 aromatic carbocycles. The summed E-state index contributed by atoms with van der Waals surface area (Å²) < 4.78 is 43.8. The van der Waals surface area contributed by atoms with E-state index in [0.717, 1.165) is 20.8 Å². The van der Waals surface area contributed by atoms with E-state index in [1.165, 1.54) is 14.0 Å².